The van der Waals surface area contributed by atoms with E-state index in [-0.39, 0.29) is 17.6 Å². The van der Waals surface area contributed by atoms with E-state index >= 15 is 0 Å². The average Bonchev–Trinajstić information content (AvgIpc) is 2.86. The first-order valence-corrected chi connectivity index (χ1v) is 5.92. The van der Waals surface area contributed by atoms with Crippen LogP contribution in [0.25, 0.3) is 0 Å². The molecule has 0 aliphatic heterocycles. The van der Waals surface area contributed by atoms with Crippen molar-refractivity contribution in [2.24, 2.45) is 0 Å². The van der Waals surface area contributed by atoms with Crippen molar-refractivity contribution >= 4 is 17.3 Å². The van der Waals surface area contributed by atoms with Gasteiger partial charge in [0, 0.05) is 18.2 Å². The normalized spacial score (nSPS) is 11.9. The maximum atomic E-state index is 13.5. The highest BCUT2D eigenvalue weighted by atomic mass is 19.1. The third kappa shape index (κ3) is 3.34. The number of amides is 1. The van der Waals surface area contributed by atoms with Gasteiger partial charge in [0.15, 0.2) is 0 Å². The number of carbonyl (C=O) groups excluding carboxylic acids is 1. The summed E-state index contributed by atoms with van der Waals surface area (Å²) in [5.41, 5.74) is 1.88. The van der Waals surface area contributed by atoms with Crippen LogP contribution in [0.5, 0.6) is 0 Å². The van der Waals surface area contributed by atoms with E-state index in [9.17, 15) is 9.18 Å². The quantitative estimate of drug-likeness (QED) is 0.886. The third-order valence-corrected chi connectivity index (χ3v) is 2.70. The van der Waals surface area contributed by atoms with Crippen molar-refractivity contribution < 1.29 is 13.6 Å². The molecule has 0 spiro atoms. The Morgan fingerprint density at radius 1 is 1.37 bits per heavy atom. The molecule has 1 unspecified atom stereocenters. The summed E-state index contributed by atoms with van der Waals surface area (Å²) in [6.07, 6.45) is 3.25. The summed E-state index contributed by atoms with van der Waals surface area (Å²) < 4.78 is 18.5. The van der Waals surface area contributed by atoms with E-state index in [1.165, 1.54) is 13.0 Å². The van der Waals surface area contributed by atoms with E-state index in [0.717, 1.165) is 11.3 Å². The molecule has 19 heavy (non-hydrogen) atoms. The standard InChI is InChI=1S/C14H15FN2O2/c1-9(11-5-6-19-8-11)16-12-3-4-13(15)14(7-12)17-10(2)18/h3-9,16H,1-2H3,(H,17,18). The fourth-order valence-electron chi connectivity index (χ4n) is 1.76. The van der Waals surface area contributed by atoms with Gasteiger partial charge in [0.2, 0.25) is 5.91 Å². The van der Waals surface area contributed by atoms with E-state index in [0.29, 0.717) is 0 Å². The largest absolute Gasteiger partial charge is 0.472 e. The minimum atomic E-state index is -0.461. The lowest BCUT2D eigenvalue weighted by Crippen LogP contribution is -2.09. The van der Waals surface area contributed by atoms with Crippen LogP contribution in [0.1, 0.15) is 25.5 Å². The zero-order valence-electron chi connectivity index (χ0n) is 10.7. The zero-order valence-corrected chi connectivity index (χ0v) is 10.7. The molecular formula is C14H15FN2O2. The van der Waals surface area contributed by atoms with Crippen molar-refractivity contribution in [1.82, 2.24) is 0 Å². The summed E-state index contributed by atoms with van der Waals surface area (Å²) >= 11 is 0. The molecule has 1 aromatic heterocycles. The number of benzene rings is 1. The van der Waals surface area contributed by atoms with E-state index in [4.69, 9.17) is 4.42 Å². The summed E-state index contributed by atoms with van der Waals surface area (Å²) in [7, 11) is 0. The van der Waals surface area contributed by atoms with Crippen molar-refractivity contribution in [3.05, 3.63) is 48.2 Å². The molecule has 100 valence electrons. The Hall–Kier alpha value is -2.30. The number of furan rings is 1. The summed E-state index contributed by atoms with van der Waals surface area (Å²) in [4.78, 5) is 11.0. The lowest BCUT2D eigenvalue weighted by molar-refractivity contribution is -0.114. The number of halogens is 1. The molecule has 2 N–H and O–H groups in total. The molecular weight excluding hydrogens is 247 g/mol. The molecule has 0 aliphatic carbocycles. The summed E-state index contributed by atoms with van der Waals surface area (Å²) in [5.74, 6) is -0.768. The van der Waals surface area contributed by atoms with Crippen LogP contribution in [0, 0.1) is 5.82 Å². The molecule has 4 nitrogen and oxygen atoms in total. The van der Waals surface area contributed by atoms with E-state index < -0.39 is 5.82 Å². The smallest absolute Gasteiger partial charge is 0.221 e. The van der Waals surface area contributed by atoms with Crippen LogP contribution in [0.3, 0.4) is 0 Å². The number of rotatable bonds is 4. The highest BCUT2D eigenvalue weighted by Crippen LogP contribution is 2.24. The second-order valence-electron chi connectivity index (χ2n) is 4.30. The van der Waals surface area contributed by atoms with Crippen molar-refractivity contribution in [3.8, 4) is 0 Å². The van der Waals surface area contributed by atoms with Crippen molar-refractivity contribution in [2.45, 2.75) is 19.9 Å². The SMILES string of the molecule is CC(=O)Nc1cc(NC(C)c2ccoc2)ccc1F. The number of nitrogens with one attached hydrogen (secondary N) is 2. The van der Waals surface area contributed by atoms with Gasteiger partial charge in [-0.25, -0.2) is 4.39 Å². The molecule has 1 aromatic carbocycles. The van der Waals surface area contributed by atoms with Crippen LogP contribution in [0.2, 0.25) is 0 Å². The predicted octanol–water partition coefficient (Wildman–Crippen LogP) is 3.55. The molecule has 2 rings (SSSR count). The number of hydrogen-bond acceptors (Lipinski definition) is 3. The van der Waals surface area contributed by atoms with E-state index in [1.807, 2.05) is 13.0 Å². The highest BCUT2D eigenvalue weighted by Gasteiger charge is 2.09. The Morgan fingerprint density at radius 3 is 2.79 bits per heavy atom. The first-order chi connectivity index (χ1) is 9.06. The van der Waals surface area contributed by atoms with Crippen LogP contribution in [0.4, 0.5) is 15.8 Å². The van der Waals surface area contributed by atoms with Gasteiger partial charge in [0.05, 0.1) is 24.3 Å². The van der Waals surface area contributed by atoms with Gasteiger partial charge in [0.25, 0.3) is 0 Å². The van der Waals surface area contributed by atoms with Crippen LogP contribution >= 0.6 is 0 Å². The van der Waals surface area contributed by atoms with Gasteiger partial charge >= 0.3 is 0 Å². The minimum Gasteiger partial charge on any atom is -0.472 e. The van der Waals surface area contributed by atoms with E-state index in [1.54, 1.807) is 24.7 Å². The summed E-state index contributed by atoms with van der Waals surface area (Å²) in [5, 5.41) is 5.66. The molecule has 0 saturated heterocycles. The number of carbonyl (C=O) groups is 1. The molecule has 0 aliphatic rings. The van der Waals surface area contributed by atoms with Gasteiger partial charge in [-0.05, 0) is 31.2 Å². The average molecular weight is 262 g/mol. The third-order valence-electron chi connectivity index (χ3n) is 2.70. The van der Waals surface area contributed by atoms with Crippen molar-refractivity contribution in [1.29, 1.82) is 0 Å². The Balaban J connectivity index is 2.14. The first kappa shape index (κ1) is 13.1. The fourth-order valence-corrected chi connectivity index (χ4v) is 1.76. The second-order valence-corrected chi connectivity index (χ2v) is 4.30. The Labute approximate surface area is 110 Å². The van der Waals surface area contributed by atoms with Gasteiger partial charge < -0.3 is 15.1 Å². The van der Waals surface area contributed by atoms with Gasteiger partial charge in [-0.1, -0.05) is 0 Å². The first-order valence-electron chi connectivity index (χ1n) is 5.92. The van der Waals surface area contributed by atoms with Crippen LogP contribution in [-0.4, -0.2) is 5.91 Å². The minimum absolute atomic E-state index is 0.0226. The Kier molecular flexibility index (Phi) is 3.85. The predicted molar refractivity (Wildman–Crippen MR) is 71.4 cm³/mol. The fraction of sp³-hybridized carbons (Fsp3) is 0.214. The van der Waals surface area contributed by atoms with Gasteiger partial charge in [-0.15, -0.1) is 0 Å². The highest BCUT2D eigenvalue weighted by molar-refractivity contribution is 5.89. The molecule has 0 bridgehead atoms. The van der Waals surface area contributed by atoms with Crippen molar-refractivity contribution in [3.63, 3.8) is 0 Å². The van der Waals surface area contributed by atoms with Crippen LogP contribution in [0.15, 0.2) is 41.2 Å². The van der Waals surface area contributed by atoms with Crippen LogP contribution in [-0.2, 0) is 4.79 Å². The maximum Gasteiger partial charge on any atom is 0.221 e. The maximum absolute atomic E-state index is 13.5. The molecule has 2 aromatic rings. The molecule has 1 atom stereocenters. The summed E-state index contributed by atoms with van der Waals surface area (Å²) in [6.45, 7) is 3.31. The molecule has 0 fully saturated rings. The van der Waals surface area contributed by atoms with Gasteiger partial charge in [-0.2, -0.15) is 0 Å². The van der Waals surface area contributed by atoms with Gasteiger partial charge in [-0.3, -0.25) is 4.79 Å². The van der Waals surface area contributed by atoms with Crippen LogP contribution < -0.4 is 10.6 Å². The molecule has 0 saturated carbocycles. The second kappa shape index (κ2) is 5.56. The molecule has 0 radical (unpaired) electrons. The zero-order chi connectivity index (χ0) is 13.8. The van der Waals surface area contributed by atoms with Gasteiger partial charge in [0.1, 0.15) is 5.82 Å². The monoisotopic (exact) mass is 262 g/mol. The number of hydrogen-bond donors (Lipinski definition) is 2. The number of anilines is 2. The summed E-state index contributed by atoms with van der Waals surface area (Å²) in [6, 6.07) is 6.38. The molecule has 1 heterocycles. The Morgan fingerprint density at radius 2 is 2.16 bits per heavy atom. The topological polar surface area (TPSA) is 54.3 Å². The van der Waals surface area contributed by atoms with Crippen molar-refractivity contribution in [2.75, 3.05) is 10.6 Å². The lowest BCUT2D eigenvalue weighted by atomic mass is 10.1. The lowest BCUT2D eigenvalue weighted by Gasteiger charge is -2.15. The molecule has 1 amide bonds. The Bertz CT molecular complexity index is 567. The van der Waals surface area contributed by atoms with E-state index in [2.05, 4.69) is 10.6 Å². The molecule has 5 heteroatoms.